The van der Waals surface area contributed by atoms with Gasteiger partial charge in [0.05, 0.1) is 6.20 Å². The molecule has 0 bridgehead atoms. The van der Waals surface area contributed by atoms with E-state index in [4.69, 9.17) is 5.73 Å². The highest BCUT2D eigenvalue weighted by Gasteiger charge is 2.05. The summed E-state index contributed by atoms with van der Waals surface area (Å²) in [5.74, 6) is -0.276. The van der Waals surface area contributed by atoms with Crippen LogP contribution in [-0.4, -0.2) is 21.7 Å². The van der Waals surface area contributed by atoms with Gasteiger partial charge in [-0.15, -0.1) is 0 Å². The van der Waals surface area contributed by atoms with Gasteiger partial charge >= 0.3 is 0 Å². The molecular formula is C11H20N4O. The van der Waals surface area contributed by atoms with Crippen molar-refractivity contribution in [3.63, 3.8) is 0 Å². The number of primary amides is 1. The van der Waals surface area contributed by atoms with E-state index >= 15 is 0 Å². The van der Waals surface area contributed by atoms with E-state index in [0.29, 0.717) is 6.42 Å². The number of nitrogens with zero attached hydrogens (tertiary/aromatic N) is 2. The van der Waals surface area contributed by atoms with Crippen LogP contribution in [-0.2, 0) is 17.9 Å². The molecule has 0 fully saturated rings. The summed E-state index contributed by atoms with van der Waals surface area (Å²) in [7, 11) is 0. The first-order valence-corrected chi connectivity index (χ1v) is 5.64. The van der Waals surface area contributed by atoms with Crippen LogP contribution in [0.2, 0.25) is 0 Å². The highest BCUT2D eigenvalue weighted by Crippen LogP contribution is 2.00. The number of amides is 1. The van der Waals surface area contributed by atoms with Crippen molar-refractivity contribution in [1.82, 2.24) is 15.1 Å². The van der Waals surface area contributed by atoms with Gasteiger partial charge in [-0.2, -0.15) is 5.10 Å². The summed E-state index contributed by atoms with van der Waals surface area (Å²) in [6, 6.07) is 0.104. The van der Waals surface area contributed by atoms with Crippen molar-refractivity contribution < 1.29 is 4.79 Å². The van der Waals surface area contributed by atoms with Gasteiger partial charge < -0.3 is 11.1 Å². The molecule has 1 heterocycles. The number of nitrogens with two attached hydrogens (primary N) is 1. The summed E-state index contributed by atoms with van der Waals surface area (Å²) in [5.41, 5.74) is 6.24. The molecular weight excluding hydrogens is 204 g/mol. The average Bonchev–Trinajstić information content (AvgIpc) is 2.62. The predicted molar refractivity (Wildman–Crippen MR) is 62.6 cm³/mol. The Morgan fingerprint density at radius 3 is 3.06 bits per heavy atom. The van der Waals surface area contributed by atoms with Crippen LogP contribution in [0.4, 0.5) is 0 Å². The zero-order valence-electron chi connectivity index (χ0n) is 9.94. The SMILES string of the molecule is CCCn1cc(CNC(C)CC(N)=O)cn1. The number of carbonyl (C=O) groups excluding carboxylic acids is 1. The van der Waals surface area contributed by atoms with E-state index in [0.717, 1.165) is 25.1 Å². The Kier molecular flexibility index (Phi) is 4.98. The molecule has 90 valence electrons. The quantitative estimate of drug-likeness (QED) is 0.714. The van der Waals surface area contributed by atoms with Gasteiger partial charge in [-0.1, -0.05) is 6.92 Å². The fraction of sp³-hybridized carbons (Fsp3) is 0.636. The minimum atomic E-state index is -0.276. The standard InChI is InChI=1S/C11H20N4O/c1-3-4-15-8-10(7-14-15)6-13-9(2)5-11(12)16/h7-9,13H,3-6H2,1-2H3,(H2,12,16). The number of hydrogen-bond donors (Lipinski definition) is 2. The Morgan fingerprint density at radius 1 is 1.69 bits per heavy atom. The third-order valence-corrected chi connectivity index (χ3v) is 2.30. The number of carbonyl (C=O) groups is 1. The van der Waals surface area contributed by atoms with Crippen LogP contribution in [0, 0.1) is 0 Å². The third kappa shape index (κ3) is 4.44. The molecule has 5 nitrogen and oxygen atoms in total. The molecule has 1 rings (SSSR count). The Bertz CT molecular complexity index is 334. The van der Waals surface area contributed by atoms with Crippen molar-refractivity contribution >= 4 is 5.91 Å². The lowest BCUT2D eigenvalue weighted by molar-refractivity contribution is -0.118. The van der Waals surface area contributed by atoms with Gasteiger partial charge in [0.2, 0.25) is 5.91 Å². The highest BCUT2D eigenvalue weighted by molar-refractivity contribution is 5.74. The topological polar surface area (TPSA) is 72.9 Å². The smallest absolute Gasteiger partial charge is 0.218 e. The molecule has 0 saturated carbocycles. The van der Waals surface area contributed by atoms with Gasteiger partial charge in [0.25, 0.3) is 0 Å². The zero-order chi connectivity index (χ0) is 12.0. The van der Waals surface area contributed by atoms with Crippen LogP contribution in [0.15, 0.2) is 12.4 Å². The Morgan fingerprint density at radius 2 is 2.44 bits per heavy atom. The second-order valence-electron chi connectivity index (χ2n) is 4.06. The lowest BCUT2D eigenvalue weighted by Crippen LogP contribution is -2.30. The number of hydrogen-bond acceptors (Lipinski definition) is 3. The summed E-state index contributed by atoms with van der Waals surface area (Å²) in [4.78, 5) is 10.7. The lowest BCUT2D eigenvalue weighted by Gasteiger charge is -2.10. The molecule has 1 amide bonds. The van der Waals surface area contributed by atoms with E-state index in [2.05, 4.69) is 17.3 Å². The average molecular weight is 224 g/mol. The molecule has 1 aromatic rings. The van der Waals surface area contributed by atoms with Crippen molar-refractivity contribution in [3.8, 4) is 0 Å². The van der Waals surface area contributed by atoms with E-state index in [9.17, 15) is 4.79 Å². The van der Waals surface area contributed by atoms with E-state index in [-0.39, 0.29) is 11.9 Å². The second-order valence-corrected chi connectivity index (χ2v) is 4.06. The molecule has 0 saturated heterocycles. The van der Waals surface area contributed by atoms with Crippen LogP contribution in [0.1, 0.15) is 32.3 Å². The molecule has 1 unspecified atom stereocenters. The van der Waals surface area contributed by atoms with Gasteiger partial charge in [-0.05, 0) is 13.3 Å². The molecule has 1 atom stereocenters. The molecule has 5 heteroatoms. The van der Waals surface area contributed by atoms with Crippen molar-refractivity contribution in [2.24, 2.45) is 5.73 Å². The first-order valence-electron chi connectivity index (χ1n) is 5.64. The summed E-state index contributed by atoms with van der Waals surface area (Å²) in [5, 5.41) is 7.46. The van der Waals surface area contributed by atoms with Crippen molar-refractivity contribution in [1.29, 1.82) is 0 Å². The number of aromatic nitrogens is 2. The van der Waals surface area contributed by atoms with Gasteiger partial charge in [0, 0.05) is 37.3 Å². The normalized spacial score (nSPS) is 12.6. The zero-order valence-corrected chi connectivity index (χ0v) is 9.94. The molecule has 0 aliphatic heterocycles. The van der Waals surface area contributed by atoms with Gasteiger partial charge in [0.1, 0.15) is 0 Å². The first-order chi connectivity index (χ1) is 7.61. The first kappa shape index (κ1) is 12.7. The maximum Gasteiger partial charge on any atom is 0.218 e. The molecule has 3 N–H and O–H groups in total. The maximum absolute atomic E-state index is 10.7. The van der Waals surface area contributed by atoms with E-state index in [1.54, 1.807) is 0 Å². The lowest BCUT2D eigenvalue weighted by atomic mass is 10.2. The fourth-order valence-electron chi connectivity index (χ4n) is 1.52. The molecule has 16 heavy (non-hydrogen) atoms. The monoisotopic (exact) mass is 224 g/mol. The number of nitrogens with one attached hydrogen (secondary N) is 1. The van der Waals surface area contributed by atoms with Crippen LogP contribution in [0.5, 0.6) is 0 Å². The summed E-state index contributed by atoms with van der Waals surface area (Å²) in [6.07, 6.45) is 5.31. The Balaban J connectivity index is 2.33. The van der Waals surface area contributed by atoms with Crippen molar-refractivity contribution in [2.45, 2.75) is 45.8 Å². The van der Waals surface area contributed by atoms with Crippen molar-refractivity contribution in [2.75, 3.05) is 0 Å². The van der Waals surface area contributed by atoms with Gasteiger partial charge in [-0.25, -0.2) is 0 Å². The summed E-state index contributed by atoms with van der Waals surface area (Å²) >= 11 is 0. The third-order valence-electron chi connectivity index (χ3n) is 2.30. The van der Waals surface area contributed by atoms with Crippen LogP contribution >= 0.6 is 0 Å². The minimum Gasteiger partial charge on any atom is -0.370 e. The molecule has 0 aromatic carbocycles. The number of rotatable bonds is 7. The highest BCUT2D eigenvalue weighted by atomic mass is 16.1. The van der Waals surface area contributed by atoms with Crippen LogP contribution < -0.4 is 11.1 Å². The summed E-state index contributed by atoms with van der Waals surface area (Å²) < 4.78 is 1.93. The van der Waals surface area contributed by atoms with Gasteiger partial charge in [-0.3, -0.25) is 9.48 Å². The summed E-state index contributed by atoms with van der Waals surface area (Å²) in [6.45, 7) is 5.73. The molecule has 0 radical (unpaired) electrons. The second kappa shape index (κ2) is 6.27. The number of aryl methyl sites for hydroxylation is 1. The molecule has 1 aromatic heterocycles. The largest absolute Gasteiger partial charge is 0.370 e. The Hall–Kier alpha value is -1.36. The van der Waals surface area contributed by atoms with E-state index < -0.39 is 0 Å². The minimum absolute atomic E-state index is 0.104. The molecule has 0 aliphatic rings. The molecule has 0 spiro atoms. The van der Waals surface area contributed by atoms with E-state index in [1.807, 2.05) is 24.0 Å². The Labute approximate surface area is 96.0 Å². The van der Waals surface area contributed by atoms with Crippen molar-refractivity contribution in [3.05, 3.63) is 18.0 Å². The molecule has 0 aliphatic carbocycles. The van der Waals surface area contributed by atoms with Crippen LogP contribution in [0.3, 0.4) is 0 Å². The van der Waals surface area contributed by atoms with E-state index in [1.165, 1.54) is 0 Å². The predicted octanol–water partition coefficient (Wildman–Crippen LogP) is 0.647. The maximum atomic E-state index is 10.7. The fourth-order valence-corrected chi connectivity index (χ4v) is 1.52. The van der Waals surface area contributed by atoms with Gasteiger partial charge in [0.15, 0.2) is 0 Å². The van der Waals surface area contributed by atoms with Crippen LogP contribution in [0.25, 0.3) is 0 Å².